The molecular formula is C35H21F3S. The molecule has 0 fully saturated rings. The third kappa shape index (κ3) is 4.27. The summed E-state index contributed by atoms with van der Waals surface area (Å²) in [4.78, 5) is 0. The van der Waals surface area contributed by atoms with Gasteiger partial charge in [0.05, 0.1) is 5.56 Å². The second-order valence-electron chi connectivity index (χ2n) is 9.71. The highest BCUT2D eigenvalue weighted by Crippen LogP contribution is 2.40. The Labute approximate surface area is 227 Å². The molecule has 0 aliphatic carbocycles. The number of rotatable bonds is 3. The van der Waals surface area contributed by atoms with Gasteiger partial charge in [0.15, 0.2) is 0 Å². The quantitative estimate of drug-likeness (QED) is 0.213. The first-order valence-electron chi connectivity index (χ1n) is 12.7. The van der Waals surface area contributed by atoms with Gasteiger partial charge in [-0.15, -0.1) is 11.3 Å². The van der Waals surface area contributed by atoms with Crippen LogP contribution in [-0.2, 0) is 6.18 Å². The molecule has 0 unspecified atom stereocenters. The van der Waals surface area contributed by atoms with Crippen LogP contribution >= 0.6 is 11.3 Å². The maximum absolute atomic E-state index is 12.9. The van der Waals surface area contributed by atoms with Gasteiger partial charge in [-0.25, -0.2) is 0 Å². The van der Waals surface area contributed by atoms with Gasteiger partial charge in [-0.05, 0) is 74.5 Å². The Kier molecular flexibility index (Phi) is 5.53. The molecule has 7 aromatic rings. The molecule has 0 radical (unpaired) electrons. The normalized spacial score (nSPS) is 12.0. The molecule has 39 heavy (non-hydrogen) atoms. The molecule has 7 rings (SSSR count). The van der Waals surface area contributed by atoms with Gasteiger partial charge >= 0.3 is 6.18 Å². The van der Waals surface area contributed by atoms with Crippen LogP contribution < -0.4 is 0 Å². The van der Waals surface area contributed by atoms with Crippen molar-refractivity contribution in [3.05, 3.63) is 133 Å². The van der Waals surface area contributed by atoms with E-state index in [0.29, 0.717) is 0 Å². The minimum absolute atomic E-state index is 0.636. The van der Waals surface area contributed by atoms with Crippen molar-refractivity contribution in [3.63, 3.8) is 0 Å². The molecular weight excluding hydrogens is 509 g/mol. The van der Waals surface area contributed by atoms with Gasteiger partial charge in [0.2, 0.25) is 0 Å². The molecule has 4 heteroatoms. The van der Waals surface area contributed by atoms with Crippen molar-refractivity contribution < 1.29 is 13.2 Å². The minimum atomic E-state index is -4.33. The molecule has 188 valence electrons. The molecule has 0 aliphatic rings. The lowest BCUT2D eigenvalue weighted by Gasteiger charge is -2.10. The lowest BCUT2D eigenvalue weighted by Crippen LogP contribution is -2.03. The summed E-state index contributed by atoms with van der Waals surface area (Å²) in [6, 6.07) is 41.4. The zero-order chi connectivity index (χ0) is 26.6. The van der Waals surface area contributed by atoms with Crippen molar-refractivity contribution in [1.29, 1.82) is 0 Å². The van der Waals surface area contributed by atoms with Crippen molar-refractivity contribution in [1.82, 2.24) is 0 Å². The fraction of sp³-hybridized carbons (Fsp3) is 0.0286. The maximum atomic E-state index is 12.9. The number of benzene rings is 6. The fourth-order valence-corrected chi connectivity index (χ4v) is 6.51. The van der Waals surface area contributed by atoms with Crippen LogP contribution in [0, 0.1) is 0 Å². The van der Waals surface area contributed by atoms with E-state index < -0.39 is 11.7 Å². The summed E-state index contributed by atoms with van der Waals surface area (Å²) in [6.45, 7) is 0. The van der Waals surface area contributed by atoms with Gasteiger partial charge in [-0.1, -0.05) is 97.1 Å². The first kappa shape index (κ1) is 23.7. The zero-order valence-corrected chi connectivity index (χ0v) is 21.5. The number of thiophene rings is 1. The Morgan fingerprint density at radius 2 is 1.00 bits per heavy atom. The molecule has 6 aromatic carbocycles. The predicted octanol–water partition coefficient (Wildman–Crippen LogP) is 11.2. The number of fused-ring (bicyclic) bond motifs is 4. The van der Waals surface area contributed by atoms with E-state index in [-0.39, 0.29) is 0 Å². The van der Waals surface area contributed by atoms with E-state index in [2.05, 4.69) is 84.9 Å². The number of hydrogen-bond acceptors (Lipinski definition) is 1. The fourth-order valence-electron chi connectivity index (χ4n) is 5.27. The highest BCUT2D eigenvalue weighted by molar-refractivity contribution is 7.26. The molecule has 0 N–H and O–H groups in total. The van der Waals surface area contributed by atoms with E-state index in [1.54, 1.807) is 0 Å². The molecule has 0 atom stereocenters. The van der Waals surface area contributed by atoms with E-state index in [1.165, 1.54) is 43.4 Å². The van der Waals surface area contributed by atoms with Crippen molar-refractivity contribution in [3.8, 4) is 33.4 Å². The summed E-state index contributed by atoms with van der Waals surface area (Å²) in [5.41, 5.74) is 5.71. The van der Waals surface area contributed by atoms with Gasteiger partial charge in [-0.3, -0.25) is 0 Å². The van der Waals surface area contributed by atoms with Crippen LogP contribution in [-0.4, -0.2) is 0 Å². The Bertz CT molecular complexity index is 1980. The second-order valence-corrected chi connectivity index (χ2v) is 10.8. The summed E-state index contributed by atoms with van der Waals surface area (Å²) in [7, 11) is 0. The first-order valence-corrected chi connectivity index (χ1v) is 13.5. The van der Waals surface area contributed by atoms with E-state index >= 15 is 0 Å². The van der Waals surface area contributed by atoms with Crippen molar-refractivity contribution in [2.24, 2.45) is 0 Å². The number of halogens is 3. The molecule has 0 aliphatic heterocycles. The smallest absolute Gasteiger partial charge is 0.166 e. The highest BCUT2D eigenvalue weighted by Gasteiger charge is 2.30. The number of hydrogen-bond donors (Lipinski definition) is 0. The van der Waals surface area contributed by atoms with Gasteiger partial charge < -0.3 is 0 Å². The molecule has 0 nitrogen and oxygen atoms in total. The summed E-state index contributed by atoms with van der Waals surface area (Å²) < 4.78 is 41.4. The summed E-state index contributed by atoms with van der Waals surface area (Å²) >= 11 is 1.84. The molecule has 0 amide bonds. The SMILES string of the molecule is FC(F)(F)c1ccc(-c2ccc3cc(-c4ccc(-c5cccc6c5sc5ccccc56)cc4)ccc3c2)cc1. The lowest BCUT2D eigenvalue weighted by molar-refractivity contribution is -0.137. The Morgan fingerprint density at radius 3 is 1.64 bits per heavy atom. The van der Waals surface area contributed by atoms with E-state index in [4.69, 9.17) is 0 Å². The Hall–Kier alpha value is -4.41. The van der Waals surface area contributed by atoms with Gasteiger partial charge in [0.1, 0.15) is 0 Å². The molecule has 0 saturated heterocycles. The van der Waals surface area contributed by atoms with Gasteiger partial charge in [0.25, 0.3) is 0 Å². The standard InChI is InChI=1S/C35H21F3S/c36-35(37,38)29-18-16-23(17-19-29)26-13-15-27-20-25(12-14-28(27)21-26)22-8-10-24(11-9-22)30-5-3-6-32-31-4-1-2-7-33(31)39-34(30)32/h1-21H. The van der Waals surface area contributed by atoms with Gasteiger partial charge in [-0.2, -0.15) is 13.2 Å². The third-order valence-electron chi connectivity index (χ3n) is 7.32. The van der Waals surface area contributed by atoms with Crippen LogP contribution in [0.25, 0.3) is 64.3 Å². The summed E-state index contributed by atoms with van der Waals surface area (Å²) in [5.74, 6) is 0. The second kappa shape index (κ2) is 9.11. The molecule has 0 spiro atoms. The van der Waals surface area contributed by atoms with Gasteiger partial charge in [0, 0.05) is 20.2 Å². The minimum Gasteiger partial charge on any atom is -0.166 e. The largest absolute Gasteiger partial charge is 0.416 e. The molecule has 1 aromatic heterocycles. The third-order valence-corrected chi connectivity index (χ3v) is 8.54. The summed E-state index contributed by atoms with van der Waals surface area (Å²) in [5, 5.41) is 4.72. The molecule has 0 bridgehead atoms. The van der Waals surface area contributed by atoms with Crippen molar-refractivity contribution >= 4 is 42.3 Å². The van der Waals surface area contributed by atoms with Crippen LogP contribution in [0.2, 0.25) is 0 Å². The van der Waals surface area contributed by atoms with Crippen LogP contribution in [0.1, 0.15) is 5.56 Å². The average molecular weight is 531 g/mol. The van der Waals surface area contributed by atoms with Crippen LogP contribution in [0.5, 0.6) is 0 Å². The predicted molar refractivity (Wildman–Crippen MR) is 158 cm³/mol. The monoisotopic (exact) mass is 530 g/mol. The number of alkyl halides is 3. The topological polar surface area (TPSA) is 0 Å². The zero-order valence-electron chi connectivity index (χ0n) is 20.7. The van der Waals surface area contributed by atoms with Crippen LogP contribution in [0.15, 0.2) is 127 Å². The van der Waals surface area contributed by atoms with E-state index in [1.807, 2.05) is 29.5 Å². The first-order chi connectivity index (χ1) is 18.9. The van der Waals surface area contributed by atoms with E-state index in [9.17, 15) is 13.2 Å². The lowest BCUT2D eigenvalue weighted by atomic mass is 9.96. The van der Waals surface area contributed by atoms with Crippen LogP contribution in [0.3, 0.4) is 0 Å². The van der Waals surface area contributed by atoms with E-state index in [0.717, 1.165) is 45.2 Å². The summed E-state index contributed by atoms with van der Waals surface area (Å²) in [6.07, 6.45) is -4.33. The Balaban J connectivity index is 1.19. The van der Waals surface area contributed by atoms with Crippen molar-refractivity contribution in [2.45, 2.75) is 6.18 Å². The van der Waals surface area contributed by atoms with Crippen LogP contribution in [0.4, 0.5) is 13.2 Å². The molecule has 0 saturated carbocycles. The average Bonchev–Trinajstić information content (AvgIpc) is 3.35. The Morgan fingerprint density at radius 1 is 0.462 bits per heavy atom. The van der Waals surface area contributed by atoms with Crippen molar-refractivity contribution in [2.75, 3.05) is 0 Å². The molecule has 1 heterocycles. The highest BCUT2D eigenvalue weighted by atomic mass is 32.1. The maximum Gasteiger partial charge on any atom is 0.416 e.